The van der Waals surface area contributed by atoms with Gasteiger partial charge in [0.2, 0.25) is 9.84 Å². The second-order valence-electron chi connectivity index (χ2n) is 4.47. The molecule has 7 heteroatoms. The topological polar surface area (TPSA) is 72.5 Å². The second-order valence-corrected chi connectivity index (χ2v) is 7.30. The molecule has 2 aromatic rings. The van der Waals surface area contributed by atoms with Gasteiger partial charge in [0.05, 0.1) is 12.0 Å². The Morgan fingerprint density at radius 1 is 1.09 bits per heavy atom. The Balaban J connectivity index is 2.39. The number of rotatable bonds is 5. The molecular weight excluding hydrogens is 382 g/mol. The predicted molar refractivity (Wildman–Crippen MR) is 91.5 cm³/mol. The lowest BCUT2D eigenvalue weighted by Crippen LogP contribution is -2.16. The van der Waals surface area contributed by atoms with Gasteiger partial charge in [-0.15, -0.1) is 0 Å². The number of benzene rings is 2. The van der Waals surface area contributed by atoms with Gasteiger partial charge < -0.3 is 10.1 Å². The maximum Gasteiger partial charge on any atom is 0.351 e. The first-order valence-corrected chi connectivity index (χ1v) is 8.83. The molecule has 0 fully saturated rings. The maximum atomic E-state index is 12.6. The van der Waals surface area contributed by atoms with Crippen molar-refractivity contribution in [2.45, 2.75) is 4.90 Å². The van der Waals surface area contributed by atoms with Crippen molar-refractivity contribution in [1.29, 1.82) is 0 Å². The molecule has 23 heavy (non-hydrogen) atoms. The van der Waals surface area contributed by atoms with Crippen LogP contribution in [0, 0.1) is 0 Å². The molecule has 120 valence electrons. The SMILES string of the molecule is COC(=O)C(=CNc1ccc(Br)cc1)S(=O)(=O)c1ccccc1. The number of ether oxygens (including phenoxy) is 1. The summed E-state index contributed by atoms with van der Waals surface area (Å²) in [6.07, 6.45) is 1.14. The molecule has 0 aromatic heterocycles. The zero-order valence-corrected chi connectivity index (χ0v) is 14.6. The Bertz CT molecular complexity index is 815. The van der Waals surface area contributed by atoms with Gasteiger partial charge in [0.15, 0.2) is 4.91 Å². The first-order valence-electron chi connectivity index (χ1n) is 6.56. The Hall–Kier alpha value is -2.12. The second kappa shape index (κ2) is 7.43. The van der Waals surface area contributed by atoms with Gasteiger partial charge in [0, 0.05) is 16.4 Å². The van der Waals surface area contributed by atoms with Gasteiger partial charge in [0.25, 0.3) is 0 Å². The molecule has 0 radical (unpaired) electrons. The van der Waals surface area contributed by atoms with Crippen LogP contribution in [0.5, 0.6) is 0 Å². The summed E-state index contributed by atoms with van der Waals surface area (Å²) in [6.45, 7) is 0. The van der Waals surface area contributed by atoms with Gasteiger partial charge >= 0.3 is 5.97 Å². The van der Waals surface area contributed by atoms with Crippen LogP contribution in [0.1, 0.15) is 0 Å². The van der Waals surface area contributed by atoms with Gasteiger partial charge in [-0.05, 0) is 36.4 Å². The van der Waals surface area contributed by atoms with Gasteiger partial charge in [-0.3, -0.25) is 0 Å². The Labute approximate surface area is 143 Å². The number of hydrogen-bond acceptors (Lipinski definition) is 5. The third kappa shape index (κ3) is 4.20. The number of nitrogens with one attached hydrogen (secondary N) is 1. The van der Waals surface area contributed by atoms with E-state index in [4.69, 9.17) is 0 Å². The number of esters is 1. The Morgan fingerprint density at radius 3 is 2.26 bits per heavy atom. The molecule has 0 aliphatic rings. The monoisotopic (exact) mass is 395 g/mol. The fourth-order valence-electron chi connectivity index (χ4n) is 1.77. The van der Waals surface area contributed by atoms with Gasteiger partial charge in [0.1, 0.15) is 0 Å². The lowest BCUT2D eigenvalue weighted by Gasteiger charge is -2.08. The van der Waals surface area contributed by atoms with Crippen molar-refractivity contribution in [3.05, 3.63) is 70.2 Å². The number of methoxy groups -OCH3 is 1. The first kappa shape index (κ1) is 17.2. The average Bonchev–Trinajstić information content (AvgIpc) is 2.57. The molecular formula is C16H14BrNO4S. The molecule has 5 nitrogen and oxygen atoms in total. The standard InChI is InChI=1S/C16H14BrNO4S/c1-22-16(19)15(11-18-13-9-7-12(17)8-10-13)23(20,21)14-5-3-2-4-6-14/h2-11,18H,1H3. The van der Waals surface area contributed by atoms with E-state index >= 15 is 0 Å². The highest BCUT2D eigenvalue weighted by atomic mass is 79.9. The van der Waals surface area contributed by atoms with E-state index in [2.05, 4.69) is 26.0 Å². The average molecular weight is 396 g/mol. The van der Waals surface area contributed by atoms with E-state index in [-0.39, 0.29) is 4.90 Å². The highest BCUT2D eigenvalue weighted by molar-refractivity contribution is 9.10. The number of hydrogen-bond donors (Lipinski definition) is 1. The maximum absolute atomic E-state index is 12.6. The van der Waals surface area contributed by atoms with Crippen LogP contribution in [0.15, 0.2) is 75.1 Å². The molecule has 0 spiro atoms. The van der Waals surface area contributed by atoms with E-state index in [1.165, 1.54) is 12.1 Å². The normalized spacial score (nSPS) is 11.8. The molecule has 0 amide bonds. The summed E-state index contributed by atoms with van der Waals surface area (Å²) < 4.78 is 30.7. The van der Waals surface area contributed by atoms with Crippen molar-refractivity contribution in [2.75, 3.05) is 12.4 Å². The van der Waals surface area contributed by atoms with Crippen LogP contribution in [0.4, 0.5) is 5.69 Å². The van der Waals surface area contributed by atoms with E-state index in [9.17, 15) is 13.2 Å². The molecule has 0 aliphatic carbocycles. The highest BCUT2D eigenvalue weighted by Crippen LogP contribution is 2.21. The van der Waals surface area contributed by atoms with E-state index in [1.807, 2.05) is 0 Å². The molecule has 0 bridgehead atoms. The molecule has 0 heterocycles. The third-order valence-electron chi connectivity index (χ3n) is 2.94. The Kier molecular flexibility index (Phi) is 5.57. The lowest BCUT2D eigenvalue weighted by molar-refractivity contribution is -0.135. The molecule has 0 saturated carbocycles. The summed E-state index contributed by atoms with van der Waals surface area (Å²) >= 11 is 3.31. The van der Waals surface area contributed by atoms with Crippen molar-refractivity contribution in [2.24, 2.45) is 0 Å². The highest BCUT2D eigenvalue weighted by Gasteiger charge is 2.27. The van der Waals surface area contributed by atoms with Crippen LogP contribution in [0.3, 0.4) is 0 Å². The minimum atomic E-state index is -3.98. The molecule has 2 rings (SSSR count). The van der Waals surface area contributed by atoms with Crippen LogP contribution >= 0.6 is 15.9 Å². The molecule has 0 aliphatic heterocycles. The number of carbonyl (C=O) groups excluding carboxylic acids is 1. The van der Waals surface area contributed by atoms with Gasteiger partial charge in [-0.25, -0.2) is 13.2 Å². The van der Waals surface area contributed by atoms with Crippen LogP contribution in [0.2, 0.25) is 0 Å². The van der Waals surface area contributed by atoms with E-state index in [1.54, 1.807) is 42.5 Å². The summed E-state index contributed by atoms with van der Waals surface area (Å²) in [4.78, 5) is 11.4. The van der Waals surface area contributed by atoms with Gasteiger partial charge in [-0.1, -0.05) is 34.1 Å². The van der Waals surface area contributed by atoms with Crippen LogP contribution < -0.4 is 5.32 Å². The van der Waals surface area contributed by atoms with Crippen LogP contribution in [-0.2, 0) is 19.4 Å². The van der Waals surface area contributed by atoms with Crippen molar-refractivity contribution < 1.29 is 17.9 Å². The molecule has 1 N–H and O–H groups in total. The molecule has 0 unspecified atom stereocenters. The van der Waals surface area contributed by atoms with Crippen LogP contribution in [0.25, 0.3) is 0 Å². The Morgan fingerprint density at radius 2 is 1.70 bits per heavy atom. The van der Waals surface area contributed by atoms with Crippen LogP contribution in [-0.4, -0.2) is 21.5 Å². The van der Waals surface area contributed by atoms with E-state index < -0.39 is 20.7 Å². The lowest BCUT2D eigenvalue weighted by atomic mass is 10.3. The summed E-state index contributed by atoms with van der Waals surface area (Å²) in [6, 6.07) is 14.8. The summed E-state index contributed by atoms with van der Waals surface area (Å²) in [5.74, 6) is -0.932. The number of anilines is 1. The molecule has 2 aromatic carbocycles. The zero-order valence-electron chi connectivity index (χ0n) is 12.2. The molecule has 0 saturated heterocycles. The minimum Gasteiger partial charge on any atom is -0.465 e. The molecule has 0 atom stereocenters. The minimum absolute atomic E-state index is 0.0225. The zero-order chi connectivity index (χ0) is 16.9. The number of sulfone groups is 1. The van der Waals surface area contributed by atoms with Crippen molar-refractivity contribution in [1.82, 2.24) is 0 Å². The quantitative estimate of drug-likeness (QED) is 0.620. The van der Waals surface area contributed by atoms with Crippen molar-refractivity contribution >= 4 is 37.4 Å². The number of halogens is 1. The smallest absolute Gasteiger partial charge is 0.351 e. The van der Waals surface area contributed by atoms with Gasteiger partial charge in [-0.2, -0.15) is 0 Å². The summed E-state index contributed by atoms with van der Waals surface area (Å²) in [7, 11) is -2.84. The fourth-order valence-corrected chi connectivity index (χ4v) is 3.32. The van der Waals surface area contributed by atoms with Crippen molar-refractivity contribution in [3.63, 3.8) is 0 Å². The fraction of sp³-hybridized carbons (Fsp3) is 0.0625. The first-order chi connectivity index (χ1) is 10.9. The van der Waals surface area contributed by atoms with E-state index in [0.717, 1.165) is 17.8 Å². The van der Waals surface area contributed by atoms with E-state index in [0.29, 0.717) is 5.69 Å². The number of carbonyl (C=O) groups is 1. The summed E-state index contributed by atoms with van der Waals surface area (Å²) in [5, 5.41) is 2.80. The summed E-state index contributed by atoms with van der Waals surface area (Å²) in [5.41, 5.74) is 0.637. The van der Waals surface area contributed by atoms with Crippen molar-refractivity contribution in [3.8, 4) is 0 Å². The predicted octanol–water partition coefficient (Wildman–Crippen LogP) is 3.35. The third-order valence-corrected chi connectivity index (χ3v) is 5.23. The largest absolute Gasteiger partial charge is 0.465 e.